The normalized spacial score (nSPS) is 14.9. The molecule has 1 saturated carbocycles. The second-order valence-electron chi connectivity index (χ2n) is 5.83. The number of hydrogen-bond acceptors (Lipinski definition) is 6. The minimum Gasteiger partial charge on any atom is -0.485 e. The summed E-state index contributed by atoms with van der Waals surface area (Å²) in [6.07, 6.45) is 2.21. The summed E-state index contributed by atoms with van der Waals surface area (Å²) in [4.78, 5) is 4.28. The van der Waals surface area contributed by atoms with E-state index in [-0.39, 0.29) is 6.61 Å². The van der Waals surface area contributed by atoms with Crippen molar-refractivity contribution in [2.24, 2.45) is 0 Å². The molecule has 0 spiro atoms. The van der Waals surface area contributed by atoms with E-state index >= 15 is 0 Å². The van der Waals surface area contributed by atoms with Gasteiger partial charge in [-0.3, -0.25) is 4.72 Å². The van der Waals surface area contributed by atoms with Crippen molar-refractivity contribution in [2.75, 3.05) is 4.72 Å². The molecule has 0 atom stereocenters. The molecule has 3 rings (SSSR count). The highest BCUT2D eigenvalue weighted by atomic mass is 32.2. The molecule has 0 saturated heterocycles. The van der Waals surface area contributed by atoms with Crippen LogP contribution in [0.25, 0.3) is 0 Å². The molecule has 1 fully saturated rings. The Morgan fingerprint density at radius 3 is 2.61 bits per heavy atom. The quantitative estimate of drug-likeness (QED) is 0.835. The zero-order chi connectivity index (χ0) is 16.4. The largest absolute Gasteiger partial charge is 0.485 e. The van der Waals surface area contributed by atoms with Crippen LogP contribution in [0.15, 0.2) is 28.8 Å². The van der Waals surface area contributed by atoms with E-state index in [1.54, 1.807) is 38.1 Å². The molecule has 1 aromatic heterocycles. The van der Waals surface area contributed by atoms with Crippen molar-refractivity contribution in [1.29, 1.82) is 0 Å². The van der Waals surface area contributed by atoms with Gasteiger partial charge in [0.1, 0.15) is 5.75 Å². The van der Waals surface area contributed by atoms with E-state index in [1.807, 2.05) is 0 Å². The van der Waals surface area contributed by atoms with Crippen molar-refractivity contribution in [1.82, 2.24) is 10.1 Å². The molecule has 0 unspecified atom stereocenters. The summed E-state index contributed by atoms with van der Waals surface area (Å²) in [7, 11) is -3.34. The van der Waals surface area contributed by atoms with E-state index < -0.39 is 15.3 Å². The predicted molar refractivity (Wildman–Crippen MR) is 84.7 cm³/mol. The van der Waals surface area contributed by atoms with Gasteiger partial charge in [-0.05, 0) is 51.0 Å². The Hall–Kier alpha value is -2.09. The van der Waals surface area contributed by atoms with Crippen LogP contribution < -0.4 is 9.46 Å². The molecule has 0 amide bonds. The van der Waals surface area contributed by atoms with Crippen LogP contribution in [0, 0.1) is 0 Å². The highest BCUT2D eigenvalue weighted by molar-refractivity contribution is 7.93. The molecule has 0 aliphatic heterocycles. The monoisotopic (exact) mass is 337 g/mol. The fourth-order valence-corrected chi connectivity index (χ4v) is 2.57. The standard InChI is InChI=1S/C15H19N3O4S/c1-10(2)23(19,20)18-12-5-7-13(8-6-12)21-9-14-16-15(22-17-14)11-3-4-11/h5-8,10-11,18H,3-4,9H2,1-2H3. The summed E-state index contributed by atoms with van der Waals surface area (Å²) in [6.45, 7) is 3.47. The van der Waals surface area contributed by atoms with Crippen LogP contribution in [0.5, 0.6) is 5.75 Å². The Bertz CT molecular complexity index is 764. The molecule has 0 radical (unpaired) electrons. The third-order valence-electron chi connectivity index (χ3n) is 3.51. The SMILES string of the molecule is CC(C)S(=O)(=O)Nc1ccc(OCc2noc(C3CC3)n2)cc1. The Kier molecular flexibility index (Phi) is 4.25. The molecule has 2 aromatic rings. The smallest absolute Gasteiger partial charge is 0.235 e. The van der Waals surface area contributed by atoms with E-state index in [2.05, 4.69) is 14.9 Å². The lowest BCUT2D eigenvalue weighted by atomic mass is 10.3. The van der Waals surface area contributed by atoms with Crippen molar-refractivity contribution in [3.05, 3.63) is 36.0 Å². The summed E-state index contributed by atoms with van der Waals surface area (Å²) in [6, 6.07) is 6.70. The number of rotatable bonds is 7. The zero-order valence-electron chi connectivity index (χ0n) is 13.0. The molecular weight excluding hydrogens is 318 g/mol. The van der Waals surface area contributed by atoms with Gasteiger partial charge in [0, 0.05) is 11.6 Å². The van der Waals surface area contributed by atoms with Gasteiger partial charge in [0.25, 0.3) is 0 Å². The Morgan fingerprint density at radius 1 is 1.30 bits per heavy atom. The van der Waals surface area contributed by atoms with E-state index in [1.165, 1.54) is 0 Å². The number of aromatic nitrogens is 2. The first-order valence-corrected chi connectivity index (χ1v) is 9.05. The lowest BCUT2D eigenvalue weighted by molar-refractivity contribution is 0.285. The first kappa shape index (κ1) is 15.8. The summed E-state index contributed by atoms with van der Waals surface area (Å²) in [5.74, 6) is 2.22. The summed E-state index contributed by atoms with van der Waals surface area (Å²) < 4.78 is 36.8. The van der Waals surface area contributed by atoms with Crippen molar-refractivity contribution in [3.63, 3.8) is 0 Å². The molecule has 1 N–H and O–H groups in total. The minimum absolute atomic E-state index is 0.216. The third-order valence-corrected chi connectivity index (χ3v) is 5.27. The second-order valence-corrected chi connectivity index (χ2v) is 8.07. The van der Waals surface area contributed by atoms with Gasteiger partial charge in [-0.15, -0.1) is 0 Å². The molecule has 1 heterocycles. The lowest BCUT2D eigenvalue weighted by Gasteiger charge is -2.11. The van der Waals surface area contributed by atoms with Crippen molar-refractivity contribution in [3.8, 4) is 5.75 Å². The number of benzene rings is 1. The fraction of sp³-hybridized carbons (Fsp3) is 0.467. The van der Waals surface area contributed by atoms with Gasteiger partial charge >= 0.3 is 0 Å². The molecule has 124 valence electrons. The molecule has 1 aliphatic rings. The second kappa shape index (κ2) is 6.19. The number of sulfonamides is 1. The van der Waals surface area contributed by atoms with Crippen molar-refractivity contribution < 1.29 is 17.7 Å². The van der Waals surface area contributed by atoms with Crippen LogP contribution >= 0.6 is 0 Å². The molecule has 7 nitrogen and oxygen atoms in total. The number of nitrogens with zero attached hydrogens (tertiary/aromatic N) is 2. The summed E-state index contributed by atoms with van der Waals surface area (Å²) in [5.41, 5.74) is 0.502. The van der Waals surface area contributed by atoms with E-state index in [9.17, 15) is 8.42 Å². The number of ether oxygens (including phenoxy) is 1. The van der Waals surface area contributed by atoms with E-state index in [0.29, 0.717) is 29.1 Å². The minimum atomic E-state index is -3.34. The van der Waals surface area contributed by atoms with Gasteiger partial charge in [0.2, 0.25) is 21.7 Å². The maximum atomic E-state index is 11.8. The van der Waals surface area contributed by atoms with Gasteiger partial charge < -0.3 is 9.26 Å². The maximum absolute atomic E-state index is 11.8. The van der Waals surface area contributed by atoms with Gasteiger partial charge in [-0.1, -0.05) is 5.16 Å². The maximum Gasteiger partial charge on any atom is 0.235 e. The molecule has 0 bridgehead atoms. The molecule has 1 aromatic carbocycles. The topological polar surface area (TPSA) is 94.3 Å². The summed E-state index contributed by atoms with van der Waals surface area (Å²) in [5, 5.41) is 3.39. The average molecular weight is 337 g/mol. The Morgan fingerprint density at radius 2 is 2.00 bits per heavy atom. The van der Waals surface area contributed by atoms with Gasteiger partial charge in [-0.25, -0.2) is 8.42 Å². The Balaban J connectivity index is 1.56. The van der Waals surface area contributed by atoms with Crippen LogP contribution in [0.4, 0.5) is 5.69 Å². The number of anilines is 1. The van der Waals surface area contributed by atoms with Crippen molar-refractivity contribution >= 4 is 15.7 Å². The van der Waals surface area contributed by atoms with Crippen LogP contribution in [0.3, 0.4) is 0 Å². The number of nitrogens with one attached hydrogen (secondary N) is 1. The first-order valence-electron chi connectivity index (χ1n) is 7.51. The van der Waals surface area contributed by atoms with Gasteiger partial charge in [-0.2, -0.15) is 4.98 Å². The third kappa shape index (κ3) is 4.01. The first-order chi connectivity index (χ1) is 10.9. The van der Waals surface area contributed by atoms with Gasteiger partial charge in [0.15, 0.2) is 6.61 Å². The highest BCUT2D eigenvalue weighted by Gasteiger charge is 2.29. The van der Waals surface area contributed by atoms with E-state index in [4.69, 9.17) is 9.26 Å². The van der Waals surface area contributed by atoms with Crippen LogP contribution in [-0.2, 0) is 16.6 Å². The van der Waals surface area contributed by atoms with Gasteiger partial charge in [0.05, 0.1) is 5.25 Å². The average Bonchev–Trinajstić information content (AvgIpc) is 3.25. The fourth-order valence-electron chi connectivity index (χ4n) is 1.87. The molecule has 1 aliphatic carbocycles. The molecule has 23 heavy (non-hydrogen) atoms. The number of hydrogen-bond donors (Lipinski definition) is 1. The highest BCUT2D eigenvalue weighted by Crippen LogP contribution is 2.38. The Labute approximate surface area is 135 Å². The van der Waals surface area contributed by atoms with Crippen LogP contribution in [-0.4, -0.2) is 23.8 Å². The van der Waals surface area contributed by atoms with E-state index in [0.717, 1.165) is 12.8 Å². The van der Waals surface area contributed by atoms with Crippen LogP contribution in [0.1, 0.15) is 44.3 Å². The predicted octanol–water partition coefficient (Wildman–Crippen LogP) is 2.68. The van der Waals surface area contributed by atoms with Crippen LogP contribution in [0.2, 0.25) is 0 Å². The summed E-state index contributed by atoms with van der Waals surface area (Å²) >= 11 is 0. The molecular formula is C15H19N3O4S. The molecule has 8 heteroatoms. The zero-order valence-corrected chi connectivity index (χ0v) is 13.8. The lowest BCUT2D eigenvalue weighted by Crippen LogP contribution is -2.22. The van der Waals surface area contributed by atoms with Crippen molar-refractivity contribution in [2.45, 2.75) is 44.5 Å².